The molecule has 1 rings (SSSR count). The van der Waals surface area contributed by atoms with E-state index in [4.69, 9.17) is 28.4 Å². The Hall–Kier alpha value is -1.60. The molecule has 2 unspecified atom stereocenters. The Balaban J connectivity index is 2.77. The van der Waals surface area contributed by atoms with Gasteiger partial charge in [-0.1, -0.05) is 24.8 Å². The summed E-state index contributed by atoms with van der Waals surface area (Å²) in [5, 5.41) is 0. The summed E-state index contributed by atoms with van der Waals surface area (Å²) >= 11 is 0. The first-order valence-electron chi connectivity index (χ1n) is 14.6. The highest BCUT2D eigenvalue weighted by atomic mass is 16.5. The van der Waals surface area contributed by atoms with Gasteiger partial charge in [-0.05, 0) is 101 Å². The molecule has 0 aliphatic rings. The molecule has 1 aromatic carbocycles. The monoisotopic (exact) mass is 550 g/mol. The van der Waals surface area contributed by atoms with E-state index in [2.05, 4.69) is 75.8 Å². The molecule has 0 saturated heterocycles. The second-order valence-corrected chi connectivity index (χ2v) is 13.2. The normalized spacial score (nSPS) is 14.6. The summed E-state index contributed by atoms with van der Waals surface area (Å²) in [6, 6.07) is 9.91. The predicted octanol–water partition coefficient (Wildman–Crippen LogP) is 7.99. The maximum absolute atomic E-state index is 6.68. The van der Waals surface area contributed by atoms with Crippen LogP contribution in [0, 0.1) is 5.92 Å². The largest absolute Gasteiger partial charge is 0.502 e. The van der Waals surface area contributed by atoms with Crippen molar-refractivity contribution in [3.63, 3.8) is 0 Å². The first-order chi connectivity index (χ1) is 18.1. The van der Waals surface area contributed by atoms with Gasteiger partial charge in [0.25, 0.3) is 0 Å². The molecule has 2 atom stereocenters. The molecule has 6 heteroatoms. The molecule has 0 fully saturated rings. The maximum atomic E-state index is 6.68. The van der Waals surface area contributed by atoms with E-state index in [1.807, 2.05) is 30.3 Å². The van der Waals surface area contributed by atoms with Gasteiger partial charge < -0.3 is 28.4 Å². The second-order valence-electron chi connectivity index (χ2n) is 13.2. The highest BCUT2D eigenvalue weighted by Crippen LogP contribution is 2.30. The molecule has 0 amide bonds. The van der Waals surface area contributed by atoms with E-state index >= 15 is 0 Å². The zero-order valence-electron chi connectivity index (χ0n) is 26.6. The van der Waals surface area contributed by atoms with Crippen molar-refractivity contribution in [3.8, 4) is 5.75 Å². The molecule has 226 valence electrons. The van der Waals surface area contributed by atoms with Gasteiger partial charge in [-0.25, -0.2) is 0 Å². The molecular formula is C33H58O6. The number of hydrogen-bond donors (Lipinski definition) is 0. The SMILES string of the molecule is C=COCCCCOC(C)(C)CC(C)OC(C)(C)C(COc1ccccc1)COC(C)(C)CCOC(C)(C)C. The van der Waals surface area contributed by atoms with E-state index in [1.54, 1.807) is 0 Å². The van der Waals surface area contributed by atoms with Crippen LogP contribution in [0.25, 0.3) is 0 Å². The predicted molar refractivity (Wildman–Crippen MR) is 160 cm³/mol. The Morgan fingerprint density at radius 3 is 2.03 bits per heavy atom. The lowest BCUT2D eigenvalue weighted by molar-refractivity contribution is -0.158. The quantitative estimate of drug-likeness (QED) is 0.114. The van der Waals surface area contributed by atoms with E-state index in [1.165, 1.54) is 6.26 Å². The van der Waals surface area contributed by atoms with E-state index in [0.717, 1.165) is 31.4 Å². The van der Waals surface area contributed by atoms with Crippen molar-refractivity contribution in [3.05, 3.63) is 43.2 Å². The van der Waals surface area contributed by atoms with E-state index in [9.17, 15) is 0 Å². The van der Waals surface area contributed by atoms with Crippen LogP contribution in [0.1, 0.15) is 94.9 Å². The fourth-order valence-electron chi connectivity index (χ4n) is 4.29. The maximum Gasteiger partial charge on any atom is 0.119 e. The van der Waals surface area contributed by atoms with E-state index in [0.29, 0.717) is 33.0 Å². The summed E-state index contributed by atoms with van der Waals surface area (Å²) in [6.07, 6.45) is 4.96. The Morgan fingerprint density at radius 2 is 1.41 bits per heavy atom. The molecule has 0 N–H and O–H groups in total. The van der Waals surface area contributed by atoms with Crippen molar-refractivity contribution in [2.45, 2.75) is 123 Å². The molecule has 0 aliphatic heterocycles. The Labute approximate surface area is 239 Å². The van der Waals surface area contributed by atoms with Crippen molar-refractivity contribution in [1.82, 2.24) is 0 Å². The van der Waals surface area contributed by atoms with Crippen molar-refractivity contribution >= 4 is 0 Å². The van der Waals surface area contributed by atoms with Crippen molar-refractivity contribution < 1.29 is 28.4 Å². The van der Waals surface area contributed by atoms with Crippen LogP contribution in [0.4, 0.5) is 0 Å². The zero-order chi connectivity index (χ0) is 29.6. The van der Waals surface area contributed by atoms with Gasteiger partial charge in [0.1, 0.15) is 5.75 Å². The third kappa shape index (κ3) is 17.0. The minimum Gasteiger partial charge on any atom is -0.502 e. The molecule has 0 aromatic heterocycles. The summed E-state index contributed by atoms with van der Waals surface area (Å²) in [7, 11) is 0. The Morgan fingerprint density at radius 1 is 0.769 bits per heavy atom. The highest BCUT2D eigenvalue weighted by Gasteiger charge is 2.36. The minimum absolute atomic E-state index is 0.00785. The fraction of sp³-hybridized carbons (Fsp3) is 0.758. The topological polar surface area (TPSA) is 55.4 Å². The van der Waals surface area contributed by atoms with E-state index < -0.39 is 5.60 Å². The van der Waals surface area contributed by atoms with Crippen molar-refractivity contribution in [2.24, 2.45) is 5.92 Å². The summed E-state index contributed by atoms with van der Waals surface area (Å²) in [5.41, 5.74) is -1.27. The van der Waals surface area contributed by atoms with Gasteiger partial charge in [0.05, 0.1) is 54.6 Å². The van der Waals surface area contributed by atoms with Crippen LogP contribution >= 0.6 is 0 Å². The smallest absolute Gasteiger partial charge is 0.119 e. The number of unbranched alkanes of at least 4 members (excludes halogenated alkanes) is 1. The molecule has 0 radical (unpaired) electrons. The lowest BCUT2D eigenvalue weighted by Crippen LogP contribution is -2.45. The number of para-hydroxylation sites is 1. The Bertz CT molecular complexity index is 781. The first kappa shape index (κ1) is 35.4. The third-order valence-corrected chi connectivity index (χ3v) is 6.64. The number of ether oxygens (including phenoxy) is 6. The average Bonchev–Trinajstić information content (AvgIpc) is 2.79. The van der Waals surface area contributed by atoms with Crippen molar-refractivity contribution in [2.75, 3.05) is 33.0 Å². The standard InChI is InChI=1S/C33H58O6/c1-12-34-21-16-17-22-37-32(8,9)24-27(2)39-33(10,11)28(25-35-29-18-14-13-15-19-29)26-38-31(6,7)20-23-36-30(3,4)5/h12-15,18-19,27-28H,1,16-17,20-26H2,2-11H3. The van der Waals surface area contributed by atoms with Crippen LogP contribution in [-0.4, -0.2) is 61.5 Å². The lowest BCUT2D eigenvalue weighted by Gasteiger charge is -2.40. The van der Waals surface area contributed by atoms with Crippen LogP contribution < -0.4 is 4.74 Å². The van der Waals surface area contributed by atoms with Gasteiger partial charge in [-0.15, -0.1) is 0 Å². The molecule has 0 bridgehead atoms. The molecule has 0 spiro atoms. The highest BCUT2D eigenvalue weighted by molar-refractivity contribution is 5.20. The molecule has 39 heavy (non-hydrogen) atoms. The summed E-state index contributed by atoms with van der Waals surface area (Å²) < 4.78 is 36.7. The minimum atomic E-state index is -0.482. The number of rotatable bonds is 21. The van der Waals surface area contributed by atoms with E-state index in [-0.39, 0.29) is 28.8 Å². The van der Waals surface area contributed by atoms with Gasteiger partial charge in [-0.2, -0.15) is 0 Å². The van der Waals surface area contributed by atoms with Crippen LogP contribution in [0.2, 0.25) is 0 Å². The van der Waals surface area contributed by atoms with Crippen LogP contribution in [0.15, 0.2) is 43.2 Å². The zero-order valence-corrected chi connectivity index (χ0v) is 26.6. The first-order valence-corrected chi connectivity index (χ1v) is 14.6. The van der Waals surface area contributed by atoms with Crippen LogP contribution in [0.5, 0.6) is 5.75 Å². The molecule has 0 saturated carbocycles. The fourth-order valence-corrected chi connectivity index (χ4v) is 4.29. The third-order valence-electron chi connectivity index (χ3n) is 6.64. The van der Waals surface area contributed by atoms with Gasteiger partial charge in [0.2, 0.25) is 0 Å². The average molecular weight is 551 g/mol. The molecule has 0 aliphatic carbocycles. The summed E-state index contributed by atoms with van der Waals surface area (Å²) in [6.45, 7) is 27.7. The summed E-state index contributed by atoms with van der Waals surface area (Å²) in [4.78, 5) is 0. The van der Waals surface area contributed by atoms with Crippen LogP contribution in [-0.2, 0) is 23.7 Å². The van der Waals surface area contributed by atoms with Gasteiger partial charge in [0.15, 0.2) is 0 Å². The van der Waals surface area contributed by atoms with Crippen LogP contribution in [0.3, 0.4) is 0 Å². The lowest BCUT2D eigenvalue weighted by atomic mass is 9.90. The number of benzene rings is 1. The molecule has 0 heterocycles. The molecular weight excluding hydrogens is 492 g/mol. The van der Waals surface area contributed by atoms with Crippen molar-refractivity contribution in [1.29, 1.82) is 0 Å². The number of hydrogen-bond acceptors (Lipinski definition) is 6. The van der Waals surface area contributed by atoms with Gasteiger partial charge in [-0.3, -0.25) is 0 Å². The summed E-state index contributed by atoms with van der Waals surface area (Å²) in [5.74, 6) is 0.856. The van der Waals surface area contributed by atoms with Gasteiger partial charge >= 0.3 is 0 Å². The molecule has 6 nitrogen and oxygen atoms in total. The van der Waals surface area contributed by atoms with Gasteiger partial charge in [0, 0.05) is 25.6 Å². The molecule has 1 aromatic rings. The second kappa shape index (κ2) is 16.6. The Kier molecular flexibility index (Phi) is 15.1.